The van der Waals surface area contributed by atoms with Crippen molar-refractivity contribution < 1.29 is 27.1 Å². The molecule has 0 spiro atoms. The Morgan fingerprint density at radius 2 is 2.00 bits per heavy atom. The predicted octanol–water partition coefficient (Wildman–Crippen LogP) is 6.36. The minimum absolute atomic E-state index is 0.213. The summed E-state index contributed by atoms with van der Waals surface area (Å²) in [7, 11) is 1.45. The number of nitrogens with zero attached hydrogens (tertiary/aromatic N) is 3. The van der Waals surface area contributed by atoms with Crippen molar-refractivity contribution in [2.24, 2.45) is 0 Å². The Morgan fingerprint density at radius 3 is 2.63 bits per heavy atom. The number of amides is 2. The van der Waals surface area contributed by atoms with E-state index in [2.05, 4.69) is 10.3 Å². The molecule has 0 aliphatic carbocycles. The van der Waals surface area contributed by atoms with Gasteiger partial charge in [0.05, 0.1) is 13.2 Å². The fourth-order valence-corrected chi connectivity index (χ4v) is 4.10. The average Bonchev–Trinajstić information content (AvgIpc) is 3.29. The van der Waals surface area contributed by atoms with Gasteiger partial charge in [0.25, 0.3) is 0 Å². The summed E-state index contributed by atoms with van der Waals surface area (Å²) < 4.78 is 60.3. The maximum Gasteiger partial charge on any atom is 0.389 e. The molecule has 2 aromatic heterocycles. The van der Waals surface area contributed by atoms with Crippen LogP contribution in [0.15, 0.2) is 42.9 Å². The van der Waals surface area contributed by atoms with Crippen molar-refractivity contribution in [1.82, 2.24) is 19.6 Å². The van der Waals surface area contributed by atoms with Crippen molar-refractivity contribution in [3.63, 3.8) is 0 Å². The van der Waals surface area contributed by atoms with Crippen molar-refractivity contribution in [1.29, 1.82) is 0 Å². The van der Waals surface area contributed by atoms with Crippen LogP contribution in [0.1, 0.15) is 51.6 Å². The van der Waals surface area contributed by atoms with E-state index in [0.29, 0.717) is 17.7 Å². The normalized spacial score (nSPS) is 13.5. The number of ether oxygens (including phenoxy) is 1. The first-order valence-electron chi connectivity index (χ1n) is 11.5. The SMILES string of the molecule is CC[C@H](CCC(F)(F)F)NC(=O)N(CC)[C@H](C)c1cc(-c2ccc3nccn3c2)c(OC)cc1F. The molecular weight excluding hydrogens is 464 g/mol. The Morgan fingerprint density at radius 1 is 1.26 bits per heavy atom. The molecule has 0 fully saturated rings. The van der Waals surface area contributed by atoms with Crippen LogP contribution in [0.25, 0.3) is 16.8 Å². The van der Waals surface area contributed by atoms with E-state index >= 15 is 4.39 Å². The van der Waals surface area contributed by atoms with Gasteiger partial charge in [0.1, 0.15) is 17.2 Å². The molecule has 0 radical (unpaired) electrons. The van der Waals surface area contributed by atoms with Gasteiger partial charge in [0.2, 0.25) is 0 Å². The lowest BCUT2D eigenvalue weighted by Gasteiger charge is -2.31. The molecule has 3 aromatic rings. The van der Waals surface area contributed by atoms with E-state index in [1.54, 1.807) is 39.2 Å². The maximum atomic E-state index is 15.1. The largest absolute Gasteiger partial charge is 0.496 e. The van der Waals surface area contributed by atoms with Crippen LogP contribution in [-0.2, 0) is 0 Å². The van der Waals surface area contributed by atoms with Crippen molar-refractivity contribution >= 4 is 11.7 Å². The van der Waals surface area contributed by atoms with Crippen molar-refractivity contribution in [2.75, 3.05) is 13.7 Å². The van der Waals surface area contributed by atoms with E-state index in [4.69, 9.17) is 4.74 Å². The Bertz CT molecular complexity index is 1160. The first-order chi connectivity index (χ1) is 16.6. The standard InChI is InChI=1S/C25H30F4N4O2/c1-5-18(9-10-25(27,28)29)31-24(34)33(6-2)16(3)19-13-20(22(35-4)14-21(19)26)17-7-8-23-30-11-12-32(23)15-17/h7-8,11-16,18H,5-6,9-10H2,1-4H3,(H,31,34)/t16-,18-/m1/s1. The fourth-order valence-electron chi connectivity index (χ4n) is 4.10. The highest BCUT2D eigenvalue weighted by atomic mass is 19.4. The van der Waals surface area contributed by atoms with Crippen LogP contribution < -0.4 is 10.1 Å². The summed E-state index contributed by atoms with van der Waals surface area (Å²) in [4.78, 5) is 18.6. The van der Waals surface area contributed by atoms with Crippen LogP contribution >= 0.6 is 0 Å². The Kier molecular flexibility index (Phi) is 8.24. The van der Waals surface area contributed by atoms with Crippen LogP contribution in [0.2, 0.25) is 0 Å². The third-order valence-electron chi connectivity index (χ3n) is 6.13. The summed E-state index contributed by atoms with van der Waals surface area (Å²) in [5.74, 6) is -0.208. The lowest BCUT2D eigenvalue weighted by molar-refractivity contribution is -0.136. The van der Waals surface area contributed by atoms with Crippen LogP contribution in [0, 0.1) is 5.82 Å². The second kappa shape index (κ2) is 11.0. The van der Waals surface area contributed by atoms with E-state index in [0.717, 1.165) is 11.2 Å². The van der Waals surface area contributed by atoms with Crippen LogP contribution in [0.3, 0.4) is 0 Å². The van der Waals surface area contributed by atoms with Gasteiger partial charge in [-0.05, 0) is 44.9 Å². The molecule has 2 heterocycles. The summed E-state index contributed by atoms with van der Waals surface area (Å²) in [6.07, 6.45) is 0.183. The molecule has 3 rings (SSSR count). The topological polar surface area (TPSA) is 58.9 Å². The number of urea groups is 1. The zero-order chi connectivity index (χ0) is 25.8. The van der Waals surface area contributed by atoms with Crippen molar-refractivity contribution in [3.05, 3.63) is 54.2 Å². The predicted molar refractivity (Wildman–Crippen MR) is 126 cm³/mol. The lowest BCUT2D eigenvalue weighted by Crippen LogP contribution is -2.46. The van der Waals surface area contributed by atoms with E-state index < -0.39 is 36.5 Å². The van der Waals surface area contributed by atoms with Crippen molar-refractivity contribution in [2.45, 2.75) is 58.3 Å². The molecule has 2 atom stereocenters. The average molecular weight is 495 g/mol. The summed E-state index contributed by atoms with van der Waals surface area (Å²) in [6.45, 7) is 5.38. The molecule has 0 unspecified atom stereocenters. The molecule has 0 aliphatic rings. The van der Waals surface area contributed by atoms with Crippen LogP contribution in [0.4, 0.5) is 22.4 Å². The third kappa shape index (κ3) is 6.23. The number of carbonyl (C=O) groups excluding carboxylic acids is 1. The quantitative estimate of drug-likeness (QED) is 0.352. The van der Waals surface area contributed by atoms with Gasteiger partial charge >= 0.3 is 12.2 Å². The molecule has 35 heavy (non-hydrogen) atoms. The summed E-state index contributed by atoms with van der Waals surface area (Å²) in [5, 5.41) is 2.68. The van der Waals surface area contributed by atoms with Gasteiger partial charge in [-0.1, -0.05) is 6.92 Å². The number of alkyl halides is 3. The molecule has 0 saturated carbocycles. The zero-order valence-corrected chi connectivity index (χ0v) is 20.2. The molecule has 1 N–H and O–H groups in total. The number of carbonyl (C=O) groups is 1. The van der Waals surface area contributed by atoms with Gasteiger partial charge in [-0.2, -0.15) is 13.2 Å². The molecule has 6 nitrogen and oxygen atoms in total. The van der Waals surface area contributed by atoms with Gasteiger partial charge in [-0.25, -0.2) is 14.2 Å². The number of imidazole rings is 1. The third-order valence-corrected chi connectivity index (χ3v) is 6.13. The first kappa shape index (κ1) is 26.3. The van der Waals surface area contributed by atoms with E-state index in [1.807, 2.05) is 22.7 Å². The van der Waals surface area contributed by atoms with Gasteiger partial charge in [0, 0.05) is 60.4 Å². The zero-order valence-electron chi connectivity index (χ0n) is 20.2. The molecular formula is C25H30F4N4O2. The molecule has 10 heteroatoms. The molecule has 1 aromatic carbocycles. The monoisotopic (exact) mass is 494 g/mol. The van der Waals surface area contributed by atoms with E-state index in [1.165, 1.54) is 18.1 Å². The second-order valence-corrected chi connectivity index (χ2v) is 8.35. The highest BCUT2D eigenvalue weighted by molar-refractivity contribution is 5.76. The number of methoxy groups -OCH3 is 1. The number of benzene rings is 1. The minimum Gasteiger partial charge on any atom is -0.496 e. The van der Waals surface area contributed by atoms with Crippen LogP contribution in [0.5, 0.6) is 5.75 Å². The Balaban J connectivity index is 1.89. The number of fused-ring (bicyclic) bond motifs is 1. The molecule has 0 bridgehead atoms. The minimum atomic E-state index is -4.29. The Hall–Kier alpha value is -3.30. The summed E-state index contributed by atoms with van der Waals surface area (Å²) >= 11 is 0. The van der Waals surface area contributed by atoms with Crippen molar-refractivity contribution in [3.8, 4) is 16.9 Å². The van der Waals surface area contributed by atoms with Crippen LogP contribution in [-0.4, -0.2) is 46.2 Å². The number of hydrogen-bond acceptors (Lipinski definition) is 3. The number of hydrogen-bond donors (Lipinski definition) is 1. The number of nitrogens with one attached hydrogen (secondary N) is 1. The summed E-state index contributed by atoms with van der Waals surface area (Å²) in [6, 6.07) is 4.76. The smallest absolute Gasteiger partial charge is 0.389 e. The molecule has 190 valence electrons. The fraction of sp³-hybridized carbons (Fsp3) is 0.440. The highest BCUT2D eigenvalue weighted by Crippen LogP contribution is 2.36. The van der Waals surface area contributed by atoms with Gasteiger partial charge in [-0.15, -0.1) is 0 Å². The van der Waals surface area contributed by atoms with E-state index in [-0.39, 0.29) is 18.5 Å². The molecule has 0 saturated heterocycles. The second-order valence-electron chi connectivity index (χ2n) is 8.35. The number of pyridine rings is 1. The van der Waals surface area contributed by atoms with Gasteiger partial charge in [0.15, 0.2) is 0 Å². The number of halogens is 4. The van der Waals surface area contributed by atoms with E-state index in [9.17, 15) is 18.0 Å². The molecule has 0 aliphatic heterocycles. The number of rotatable bonds is 9. The molecule has 2 amide bonds. The maximum absolute atomic E-state index is 15.1. The highest BCUT2D eigenvalue weighted by Gasteiger charge is 2.30. The lowest BCUT2D eigenvalue weighted by atomic mass is 9.98. The van der Waals surface area contributed by atoms with Gasteiger partial charge in [-0.3, -0.25) is 0 Å². The first-order valence-corrected chi connectivity index (χ1v) is 11.5. The Labute approximate surface area is 201 Å². The summed E-state index contributed by atoms with van der Waals surface area (Å²) in [5.41, 5.74) is 2.44. The van der Waals surface area contributed by atoms with Gasteiger partial charge < -0.3 is 19.4 Å². The number of aromatic nitrogens is 2.